The van der Waals surface area contributed by atoms with Gasteiger partial charge < -0.3 is 19.3 Å². The molecule has 0 unspecified atom stereocenters. The van der Waals surface area contributed by atoms with E-state index in [1.54, 1.807) is 14.2 Å². The molecule has 2 aliphatic heterocycles. The molecule has 2 aliphatic rings. The van der Waals surface area contributed by atoms with Crippen molar-refractivity contribution in [1.82, 2.24) is 4.90 Å². The highest BCUT2D eigenvalue weighted by Gasteiger charge is 2.45. The van der Waals surface area contributed by atoms with Crippen molar-refractivity contribution in [3.8, 4) is 11.5 Å². The Labute approximate surface area is 154 Å². The second-order valence-corrected chi connectivity index (χ2v) is 7.20. The number of carbonyl (C=O) groups excluding carboxylic acids is 2. The molecule has 2 fully saturated rings. The molecule has 7 heteroatoms. The minimum atomic E-state index is -0.194. The van der Waals surface area contributed by atoms with Gasteiger partial charge >= 0.3 is 0 Å². The van der Waals surface area contributed by atoms with Crippen LogP contribution in [0.15, 0.2) is 18.2 Å². The standard InChI is InChI=1S/C19H27N3O4/c1-20-8-10-21(11-9-20)15-13-18(23)22(19(15)24)7-6-14-4-5-16(25-2)17(12-14)26-3/h4-5,12,15H,6-11,13H2,1-3H3/p+2/t15-/m1/s1. The van der Waals surface area contributed by atoms with Crippen LogP contribution in [-0.4, -0.2) is 76.7 Å². The number of imide groups is 1. The first-order valence-corrected chi connectivity index (χ1v) is 9.24. The number of ether oxygens (including phenoxy) is 2. The van der Waals surface area contributed by atoms with E-state index in [-0.39, 0.29) is 17.9 Å². The minimum Gasteiger partial charge on any atom is -0.493 e. The molecule has 2 amide bonds. The van der Waals surface area contributed by atoms with Gasteiger partial charge in [-0.25, -0.2) is 0 Å². The van der Waals surface area contributed by atoms with Gasteiger partial charge in [-0.3, -0.25) is 14.5 Å². The maximum Gasteiger partial charge on any atom is 0.288 e. The summed E-state index contributed by atoms with van der Waals surface area (Å²) in [6.07, 6.45) is 0.964. The average Bonchev–Trinajstić information content (AvgIpc) is 2.94. The largest absolute Gasteiger partial charge is 0.493 e. The Morgan fingerprint density at radius 1 is 1.08 bits per heavy atom. The van der Waals surface area contributed by atoms with Gasteiger partial charge in [0, 0.05) is 6.54 Å². The summed E-state index contributed by atoms with van der Waals surface area (Å²) in [7, 11) is 5.37. The number of rotatable bonds is 6. The van der Waals surface area contributed by atoms with Crippen LogP contribution in [0.1, 0.15) is 12.0 Å². The number of quaternary nitrogens is 2. The van der Waals surface area contributed by atoms with E-state index in [1.807, 2.05) is 18.2 Å². The second-order valence-electron chi connectivity index (χ2n) is 7.20. The molecule has 0 saturated carbocycles. The lowest BCUT2D eigenvalue weighted by atomic mass is 10.1. The molecule has 1 atom stereocenters. The van der Waals surface area contributed by atoms with Gasteiger partial charge in [0.05, 0.1) is 27.7 Å². The maximum atomic E-state index is 12.8. The van der Waals surface area contributed by atoms with Crippen LogP contribution in [0.2, 0.25) is 0 Å². The first kappa shape index (κ1) is 18.7. The van der Waals surface area contributed by atoms with Gasteiger partial charge in [0.15, 0.2) is 17.5 Å². The van der Waals surface area contributed by atoms with Crippen molar-refractivity contribution in [1.29, 1.82) is 0 Å². The summed E-state index contributed by atoms with van der Waals surface area (Å²) in [5, 5.41) is 0. The first-order chi connectivity index (χ1) is 12.5. The van der Waals surface area contributed by atoms with Gasteiger partial charge in [-0.2, -0.15) is 0 Å². The molecule has 2 saturated heterocycles. The van der Waals surface area contributed by atoms with Crippen molar-refractivity contribution < 1.29 is 28.9 Å². The van der Waals surface area contributed by atoms with Gasteiger partial charge in [0.1, 0.15) is 26.2 Å². The number of nitrogens with zero attached hydrogens (tertiary/aromatic N) is 1. The summed E-state index contributed by atoms with van der Waals surface area (Å²) in [6.45, 7) is 4.44. The van der Waals surface area contributed by atoms with Crippen LogP contribution in [0.3, 0.4) is 0 Å². The topological polar surface area (TPSA) is 64.7 Å². The number of likely N-dealkylation sites (N-methyl/N-ethyl adjacent to an activating group) is 1. The molecule has 2 heterocycles. The highest BCUT2D eigenvalue weighted by molar-refractivity contribution is 6.04. The molecule has 0 aliphatic carbocycles. The van der Waals surface area contributed by atoms with Crippen molar-refractivity contribution in [3.05, 3.63) is 23.8 Å². The maximum absolute atomic E-state index is 12.8. The van der Waals surface area contributed by atoms with Crippen LogP contribution < -0.4 is 19.3 Å². The zero-order valence-electron chi connectivity index (χ0n) is 15.8. The van der Waals surface area contributed by atoms with E-state index >= 15 is 0 Å². The van der Waals surface area contributed by atoms with Crippen LogP contribution in [0.5, 0.6) is 11.5 Å². The molecule has 0 radical (unpaired) electrons. The fourth-order valence-electron chi connectivity index (χ4n) is 3.86. The fourth-order valence-corrected chi connectivity index (χ4v) is 3.86. The molecule has 142 valence electrons. The Morgan fingerprint density at radius 3 is 2.42 bits per heavy atom. The molecule has 1 aromatic carbocycles. The molecule has 2 N–H and O–H groups in total. The predicted octanol–water partition coefficient (Wildman–Crippen LogP) is -2.21. The van der Waals surface area contributed by atoms with Crippen LogP contribution in [0.25, 0.3) is 0 Å². The third-order valence-electron chi connectivity index (χ3n) is 5.55. The Morgan fingerprint density at radius 2 is 1.77 bits per heavy atom. The number of hydrogen-bond acceptors (Lipinski definition) is 4. The second kappa shape index (κ2) is 8.05. The first-order valence-electron chi connectivity index (χ1n) is 9.24. The molecule has 26 heavy (non-hydrogen) atoms. The lowest BCUT2D eigenvalue weighted by Crippen LogP contribution is -3.29. The summed E-state index contributed by atoms with van der Waals surface area (Å²) in [4.78, 5) is 29.4. The number of piperazine rings is 1. The van der Waals surface area contributed by atoms with Gasteiger partial charge in [-0.15, -0.1) is 0 Å². The average molecular weight is 363 g/mol. The Hall–Kier alpha value is -2.12. The molecule has 0 spiro atoms. The number of methoxy groups -OCH3 is 2. The number of nitrogens with one attached hydrogen (secondary N) is 2. The number of amides is 2. The number of benzene rings is 1. The summed E-state index contributed by atoms with van der Waals surface area (Å²) >= 11 is 0. The minimum absolute atomic E-state index is 0.00923. The van der Waals surface area contributed by atoms with Crippen LogP contribution >= 0.6 is 0 Å². The quantitative estimate of drug-likeness (QED) is 0.563. The van der Waals surface area contributed by atoms with E-state index in [0.29, 0.717) is 30.9 Å². The van der Waals surface area contributed by atoms with Crippen LogP contribution in [-0.2, 0) is 16.0 Å². The van der Waals surface area contributed by atoms with E-state index in [2.05, 4.69) is 7.05 Å². The lowest BCUT2D eigenvalue weighted by Gasteiger charge is -2.30. The van der Waals surface area contributed by atoms with Gasteiger partial charge in [-0.05, 0) is 24.1 Å². The Bertz CT molecular complexity index is 671. The van der Waals surface area contributed by atoms with Gasteiger partial charge in [0.25, 0.3) is 5.91 Å². The van der Waals surface area contributed by atoms with Crippen molar-refractivity contribution in [2.45, 2.75) is 18.9 Å². The highest BCUT2D eigenvalue weighted by Crippen LogP contribution is 2.27. The van der Waals surface area contributed by atoms with E-state index in [9.17, 15) is 9.59 Å². The molecule has 7 nitrogen and oxygen atoms in total. The fraction of sp³-hybridized carbons (Fsp3) is 0.579. The Balaban J connectivity index is 1.61. The molecule has 1 aromatic rings. The molecule has 0 bridgehead atoms. The van der Waals surface area contributed by atoms with E-state index in [0.717, 1.165) is 31.7 Å². The Kier molecular flexibility index (Phi) is 5.78. The lowest BCUT2D eigenvalue weighted by molar-refractivity contribution is -1.01. The van der Waals surface area contributed by atoms with Crippen molar-refractivity contribution in [2.75, 3.05) is 54.0 Å². The summed E-state index contributed by atoms with van der Waals surface area (Å²) in [5.74, 6) is 1.28. The third-order valence-corrected chi connectivity index (χ3v) is 5.55. The third kappa shape index (κ3) is 3.83. The zero-order chi connectivity index (χ0) is 18.7. The molecule has 0 aromatic heterocycles. The van der Waals surface area contributed by atoms with Gasteiger partial charge in [-0.1, -0.05) is 6.07 Å². The van der Waals surface area contributed by atoms with Crippen LogP contribution in [0.4, 0.5) is 0 Å². The predicted molar refractivity (Wildman–Crippen MR) is 95.7 cm³/mol. The van der Waals surface area contributed by atoms with E-state index < -0.39 is 0 Å². The SMILES string of the molecule is COc1ccc(CCN2C(=O)C[C@@H]([NH+]3CC[NH+](C)CC3)C2=O)cc1OC. The number of carbonyl (C=O) groups is 2. The van der Waals surface area contributed by atoms with Crippen LogP contribution in [0, 0.1) is 0 Å². The van der Waals surface area contributed by atoms with E-state index in [1.165, 1.54) is 14.7 Å². The summed E-state index contributed by atoms with van der Waals surface area (Å²) < 4.78 is 10.6. The normalized spacial score (nSPS) is 26.3. The summed E-state index contributed by atoms with van der Waals surface area (Å²) in [6, 6.07) is 5.50. The monoisotopic (exact) mass is 363 g/mol. The smallest absolute Gasteiger partial charge is 0.288 e. The van der Waals surface area contributed by atoms with Crippen molar-refractivity contribution in [3.63, 3.8) is 0 Å². The highest BCUT2D eigenvalue weighted by atomic mass is 16.5. The number of likely N-dealkylation sites (tertiary alicyclic amines) is 1. The molecular weight excluding hydrogens is 334 g/mol. The molecular formula is C19H29N3O4+2. The van der Waals surface area contributed by atoms with Gasteiger partial charge in [0.2, 0.25) is 5.91 Å². The molecule has 3 rings (SSSR count). The van der Waals surface area contributed by atoms with Crippen molar-refractivity contribution >= 4 is 11.8 Å². The zero-order valence-corrected chi connectivity index (χ0v) is 15.8. The summed E-state index contributed by atoms with van der Waals surface area (Å²) in [5.41, 5.74) is 1.02. The van der Waals surface area contributed by atoms with E-state index in [4.69, 9.17) is 9.47 Å². The van der Waals surface area contributed by atoms with Crippen molar-refractivity contribution in [2.24, 2.45) is 0 Å². The number of hydrogen-bond donors (Lipinski definition) is 2.